The molecule has 0 radical (unpaired) electrons. The Labute approximate surface area is 228 Å². The van der Waals surface area contributed by atoms with Gasteiger partial charge in [-0.3, -0.25) is 4.79 Å². The van der Waals surface area contributed by atoms with Gasteiger partial charge < -0.3 is 24.3 Å². The van der Waals surface area contributed by atoms with E-state index in [9.17, 15) is 4.79 Å². The Morgan fingerprint density at radius 3 is 2.59 bits per heavy atom. The number of hydrogen-bond donors (Lipinski definition) is 2. The van der Waals surface area contributed by atoms with E-state index in [0.717, 1.165) is 47.4 Å². The molecule has 0 saturated carbocycles. The van der Waals surface area contributed by atoms with Crippen molar-refractivity contribution in [1.29, 1.82) is 0 Å². The Bertz CT molecular complexity index is 1140. The first kappa shape index (κ1) is 27.6. The number of nitrogens with zero attached hydrogens (tertiary/aromatic N) is 3. The number of carbonyl (C=O) groups is 1. The molecule has 1 atom stereocenters. The van der Waals surface area contributed by atoms with Gasteiger partial charge in [-0.15, -0.1) is 0 Å². The lowest BCUT2D eigenvalue weighted by molar-refractivity contribution is -0.870. The highest BCUT2D eigenvalue weighted by Gasteiger charge is 2.59. The van der Waals surface area contributed by atoms with Crippen molar-refractivity contribution in [3.63, 3.8) is 0 Å². The quantitative estimate of drug-likeness (QED) is 0.358. The molecule has 7 heteroatoms. The van der Waals surface area contributed by atoms with E-state index in [1.807, 2.05) is 12.1 Å². The van der Waals surface area contributed by atoms with Gasteiger partial charge in [0.1, 0.15) is 0 Å². The third kappa shape index (κ3) is 5.54. The third-order valence-electron chi connectivity index (χ3n) is 7.71. The zero-order valence-electron chi connectivity index (χ0n) is 23.3. The maximum atomic E-state index is 12.6. The summed E-state index contributed by atoms with van der Waals surface area (Å²) in [5.41, 5.74) is 4.41. The monoisotopic (exact) mass is 523 g/mol. The van der Waals surface area contributed by atoms with Gasteiger partial charge in [0.25, 0.3) is 5.91 Å². The lowest BCUT2D eigenvalue weighted by Gasteiger charge is -2.39. The predicted molar refractivity (Wildman–Crippen MR) is 158 cm³/mol. The lowest BCUT2D eigenvalue weighted by atomic mass is 9.77. The Morgan fingerprint density at radius 2 is 1.92 bits per heavy atom. The van der Waals surface area contributed by atoms with Crippen molar-refractivity contribution in [1.82, 2.24) is 5.32 Å². The van der Waals surface area contributed by atoms with Crippen LogP contribution in [0.2, 0.25) is 0 Å². The summed E-state index contributed by atoms with van der Waals surface area (Å²) in [6.45, 7) is 8.67. The smallest absolute Gasteiger partial charge is 0.251 e. The van der Waals surface area contributed by atoms with Crippen molar-refractivity contribution in [2.24, 2.45) is 0 Å². The van der Waals surface area contributed by atoms with Crippen molar-refractivity contribution < 1.29 is 14.0 Å². The highest BCUT2D eigenvalue weighted by atomic mass is 32.1. The van der Waals surface area contributed by atoms with Gasteiger partial charge >= 0.3 is 0 Å². The Balaban J connectivity index is 1.52. The molecule has 0 aliphatic carbocycles. The number of carbonyl (C=O) groups excluding carboxylic acids is 1. The molecule has 37 heavy (non-hydrogen) atoms. The SMILES string of the molecule is CN(CCC[N+](C)(C)C)c1ccc(/C=C/C23OCCN2c2ccc(C(=O)NCCS)cc2C3(C)C)cc1. The minimum absolute atomic E-state index is 0.0623. The average molecular weight is 524 g/mol. The molecule has 2 heterocycles. The summed E-state index contributed by atoms with van der Waals surface area (Å²) in [7, 11) is 8.87. The third-order valence-corrected chi connectivity index (χ3v) is 7.94. The first-order chi connectivity index (χ1) is 17.5. The van der Waals surface area contributed by atoms with Gasteiger partial charge in [0.2, 0.25) is 0 Å². The Kier molecular flexibility index (Phi) is 7.98. The zero-order chi connectivity index (χ0) is 26.8. The summed E-state index contributed by atoms with van der Waals surface area (Å²) >= 11 is 4.20. The molecule has 2 aliphatic heterocycles. The molecule has 6 nitrogen and oxygen atoms in total. The normalized spacial score (nSPS) is 20.2. The topological polar surface area (TPSA) is 44.8 Å². The van der Waals surface area contributed by atoms with Crippen LogP contribution in [0.1, 0.15) is 41.8 Å². The fourth-order valence-corrected chi connectivity index (χ4v) is 5.65. The first-order valence-corrected chi connectivity index (χ1v) is 13.9. The number of anilines is 2. The second kappa shape index (κ2) is 10.7. The minimum Gasteiger partial charge on any atom is -0.374 e. The summed E-state index contributed by atoms with van der Waals surface area (Å²) < 4.78 is 7.49. The van der Waals surface area contributed by atoms with Crippen LogP contribution < -0.4 is 15.1 Å². The number of hydrogen-bond acceptors (Lipinski definition) is 5. The number of benzene rings is 2. The van der Waals surface area contributed by atoms with Crippen molar-refractivity contribution >= 4 is 36.0 Å². The lowest BCUT2D eigenvalue weighted by Crippen LogP contribution is -2.51. The van der Waals surface area contributed by atoms with Crippen LogP contribution >= 0.6 is 12.6 Å². The van der Waals surface area contributed by atoms with Gasteiger partial charge in [0.15, 0.2) is 5.72 Å². The molecule has 1 amide bonds. The van der Waals surface area contributed by atoms with Crippen molar-refractivity contribution in [2.75, 3.05) is 76.5 Å². The van der Waals surface area contributed by atoms with Crippen LogP contribution in [0.5, 0.6) is 0 Å². The molecule has 1 saturated heterocycles. The molecule has 1 N–H and O–H groups in total. The number of fused-ring (bicyclic) bond motifs is 3. The van der Waals surface area contributed by atoms with E-state index in [-0.39, 0.29) is 11.3 Å². The van der Waals surface area contributed by atoms with Crippen LogP contribution in [-0.2, 0) is 10.2 Å². The molecule has 2 aliphatic rings. The number of rotatable bonds is 10. The number of ether oxygens (including phenoxy) is 1. The Morgan fingerprint density at radius 1 is 1.19 bits per heavy atom. The van der Waals surface area contributed by atoms with E-state index in [2.05, 4.69) is 112 Å². The molecule has 0 aromatic heterocycles. The van der Waals surface area contributed by atoms with E-state index >= 15 is 0 Å². The fourth-order valence-electron chi connectivity index (χ4n) is 5.54. The first-order valence-electron chi connectivity index (χ1n) is 13.2. The summed E-state index contributed by atoms with van der Waals surface area (Å²) in [4.78, 5) is 17.3. The molecule has 0 spiro atoms. The molecular formula is C30H43N4O2S+. The highest BCUT2D eigenvalue weighted by Crippen LogP contribution is 2.55. The summed E-state index contributed by atoms with van der Waals surface area (Å²) in [5.74, 6) is 0.554. The van der Waals surface area contributed by atoms with Crippen LogP contribution in [0.25, 0.3) is 6.08 Å². The molecule has 200 valence electrons. The summed E-state index contributed by atoms with van der Waals surface area (Å²) in [5, 5.41) is 2.93. The van der Waals surface area contributed by atoms with Gasteiger partial charge in [-0.05, 0) is 47.5 Å². The van der Waals surface area contributed by atoms with Crippen molar-refractivity contribution in [3.05, 3.63) is 65.2 Å². The minimum atomic E-state index is -0.587. The summed E-state index contributed by atoms with van der Waals surface area (Å²) in [6.07, 6.45) is 5.54. The molecular weight excluding hydrogens is 480 g/mol. The van der Waals surface area contributed by atoms with Crippen molar-refractivity contribution in [2.45, 2.75) is 31.4 Å². The van der Waals surface area contributed by atoms with E-state index < -0.39 is 5.72 Å². The maximum Gasteiger partial charge on any atom is 0.251 e. The molecule has 1 fully saturated rings. The fraction of sp³-hybridized carbons (Fsp3) is 0.500. The van der Waals surface area contributed by atoms with E-state index in [1.54, 1.807) is 0 Å². The van der Waals surface area contributed by atoms with Gasteiger partial charge in [-0.2, -0.15) is 12.6 Å². The number of quaternary nitrogens is 1. The van der Waals surface area contributed by atoms with Crippen molar-refractivity contribution in [3.8, 4) is 0 Å². The zero-order valence-corrected chi connectivity index (χ0v) is 24.1. The van der Waals surface area contributed by atoms with Crippen LogP contribution in [0.3, 0.4) is 0 Å². The Hall–Kier alpha value is -2.48. The maximum absolute atomic E-state index is 12.6. The number of nitrogens with one attached hydrogen (secondary N) is 1. The molecule has 4 rings (SSSR count). The molecule has 2 aromatic rings. The number of thiol groups is 1. The second-order valence-electron chi connectivity index (χ2n) is 11.7. The van der Waals surface area contributed by atoms with Crippen LogP contribution in [-0.4, -0.2) is 82.8 Å². The predicted octanol–water partition coefficient (Wildman–Crippen LogP) is 4.42. The average Bonchev–Trinajstić information content (AvgIpc) is 3.37. The summed E-state index contributed by atoms with van der Waals surface area (Å²) in [6, 6.07) is 14.8. The second-order valence-corrected chi connectivity index (χ2v) is 12.2. The molecule has 2 aromatic carbocycles. The van der Waals surface area contributed by atoms with Crippen LogP contribution in [0.15, 0.2) is 48.5 Å². The van der Waals surface area contributed by atoms with Gasteiger partial charge in [-0.25, -0.2) is 0 Å². The highest BCUT2D eigenvalue weighted by molar-refractivity contribution is 7.80. The number of amides is 1. The van der Waals surface area contributed by atoms with Gasteiger partial charge in [0.05, 0.1) is 34.3 Å². The van der Waals surface area contributed by atoms with E-state index in [0.29, 0.717) is 24.5 Å². The standard InChI is InChI=1S/C30H42N4O2S/c1-29(2)26-22-24(28(35)31-16-21-37)10-13-27(26)33-18-20-36-30(29,33)15-14-23-8-11-25(12-9-23)32(3)17-7-19-34(4,5)6/h8-15,22H,7,16-21H2,1-6H3,(H-,31,35,37)/p+1/b15-14+. The van der Waals surface area contributed by atoms with Crippen LogP contribution in [0.4, 0.5) is 11.4 Å². The van der Waals surface area contributed by atoms with Gasteiger partial charge in [0, 0.05) is 61.2 Å². The van der Waals surface area contributed by atoms with E-state index in [1.165, 1.54) is 5.69 Å². The van der Waals surface area contributed by atoms with Gasteiger partial charge in [-0.1, -0.05) is 32.1 Å². The largest absolute Gasteiger partial charge is 0.374 e. The molecule has 0 bridgehead atoms. The van der Waals surface area contributed by atoms with Crippen LogP contribution in [0, 0.1) is 0 Å². The van der Waals surface area contributed by atoms with E-state index in [4.69, 9.17) is 4.74 Å². The molecule has 1 unspecified atom stereocenters.